The molecule has 2 aliphatic carbocycles. The highest BCUT2D eigenvalue weighted by molar-refractivity contribution is 7.09. The summed E-state index contributed by atoms with van der Waals surface area (Å²) in [7, 11) is 1.74. The van der Waals surface area contributed by atoms with Gasteiger partial charge in [-0.2, -0.15) is 0 Å². The molecule has 2 N–H and O–H groups in total. The summed E-state index contributed by atoms with van der Waals surface area (Å²) in [5.41, 5.74) is 0. The van der Waals surface area contributed by atoms with Crippen molar-refractivity contribution in [3.05, 3.63) is 16.6 Å². The Morgan fingerprint density at radius 2 is 2.20 bits per heavy atom. The van der Waals surface area contributed by atoms with E-state index in [2.05, 4.69) is 10.3 Å². The number of aliphatic hydroxyl groups is 1. The molecule has 0 saturated heterocycles. The lowest BCUT2D eigenvalue weighted by Gasteiger charge is -2.24. The third-order valence-electron chi connectivity index (χ3n) is 4.06. The first kappa shape index (κ1) is 13.8. The van der Waals surface area contributed by atoms with Gasteiger partial charge in [0.15, 0.2) is 0 Å². The maximum Gasteiger partial charge on any atom is 0.317 e. The molecule has 2 fully saturated rings. The van der Waals surface area contributed by atoms with Crippen molar-refractivity contribution in [2.75, 3.05) is 13.6 Å². The molecule has 0 aromatic carbocycles. The molecule has 20 heavy (non-hydrogen) atoms. The lowest BCUT2D eigenvalue weighted by molar-refractivity contribution is 0.112. The minimum Gasteiger partial charge on any atom is -0.391 e. The summed E-state index contributed by atoms with van der Waals surface area (Å²) >= 11 is 1.59. The molecule has 2 saturated carbocycles. The van der Waals surface area contributed by atoms with Crippen LogP contribution in [0.3, 0.4) is 0 Å². The molecule has 1 aromatic heterocycles. The van der Waals surface area contributed by atoms with Crippen molar-refractivity contribution in [2.24, 2.45) is 11.8 Å². The van der Waals surface area contributed by atoms with Crippen molar-refractivity contribution in [1.29, 1.82) is 0 Å². The SMILES string of the molecule is CN(CC(O)C1CC1)C(=O)NC(c1nccs1)C1CC1. The molecule has 110 valence electrons. The molecule has 0 spiro atoms. The second-order valence-corrected chi connectivity index (χ2v) is 6.85. The molecule has 2 aliphatic rings. The van der Waals surface area contributed by atoms with E-state index in [1.807, 2.05) is 5.38 Å². The highest BCUT2D eigenvalue weighted by atomic mass is 32.1. The lowest BCUT2D eigenvalue weighted by Crippen LogP contribution is -2.43. The van der Waals surface area contributed by atoms with Gasteiger partial charge in [0.25, 0.3) is 0 Å². The molecule has 1 aromatic rings. The number of aliphatic hydroxyl groups excluding tert-OH is 1. The third-order valence-corrected chi connectivity index (χ3v) is 4.92. The van der Waals surface area contributed by atoms with Gasteiger partial charge in [-0.15, -0.1) is 11.3 Å². The van der Waals surface area contributed by atoms with Gasteiger partial charge in [0, 0.05) is 25.2 Å². The van der Waals surface area contributed by atoms with E-state index in [-0.39, 0.29) is 18.2 Å². The first-order chi connectivity index (χ1) is 9.65. The van der Waals surface area contributed by atoms with E-state index in [4.69, 9.17) is 0 Å². The van der Waals surface area contributed by atoms with E-state index in [0.717, 1.165) is 30.7 Å². The van der Waals surface area contributed by atoms with Crippen LogP contribution in [0.1, 0.15) is 36.7 Å². The van der Waals surface area contributed by atoms with Gasteiger partial charge >= 0.3 is 6.03 Å². The Labute approximate surface area is 123 Å². The molecule has 2 atom stereocenters. The monoisotopic (exact) mass is 295 g/mol. The Morgan fingerprint density at radius 1 is 1.50 bits per heavy atom. The van der Waals surface area contributed by atoms with Gasteiger partial charge in [-0.05, 0) is 37.5 Å². The number of carbonyl (C=O) groups excluding carboxylic acids is 1. The molecular formula is C14H21N3O2S. The predicted molar refractivity (Wildman–Crippen MR) is 77.5 cm³/mol. The molecule has 2 amide bonds. The second-order valence-electron chi connectivity index (χ2n) is 5.92. The number of amides is 2. The highest BCUT2D eigenvalue weighted by Crippen LogP contribution is 2.41. The summed E-state index contributed by atoms with van der Waals surface area (Å²) in [6.07, 6.45) is 5.87. The van der Waals surface area contributed by atoms with E-state index in [0.29, 0.717) is 18.4 Å². The first-order valence-electron chi connectivity index (χ1n) is 7.24. The van der Waals surface area contributed by atoms with Gasteiger partial charge in [-0.25, -0.2) is 9.78 Å². The number of carbonyl (C=O) groups is 1. The Hall–Kier alpha value is -1.14. The van der Waals surface area contributed by atoms with Gasteiger partial charge in [-0.3, -0.25) is 0 Å². The number of hydrogen-bond donors (Lipinski definition) is 2. The number of nitrogens with one attached hydrogen (secondary N) is 1. The molecule has 0 radical (unpaired) electrons. The van der Waals surface area contributed by atoms with E-state index < -0.39 is 0 Å². The van der Waals surface area contributed by atoms with Crippen LogP contribution in [0.4, 0.5) is 4.79 Å². The Kier molecular flexibility index (Phi) is 3.94. The Bertz CT molecular complexity index is 457. The maximum absolute atomic E-state index is 12.2. The average Bonchev–Trinajstić information content (AvgIpc) is 3.33. The number of aromatic nitrogens is 1. The largest absolute Gasteiger partial charge is 0.391 e. The summed E-state index contributed by atoms with van der Waals surface area (Å²) in [5.74, 6) is 0.912. The molecule has 0 aliphatic heterocycles. The van der Waals surface area contributed by atoms with E-state index >= 15 is 0 Å². The van der Waals surface area contributed by atoms with E-state index in [1.54, 1.807) is 29.5 Å². The third kappa shape index (κ3) is 3.30. The number of thiazole rings is 1. The van der Waals surface area contributed by atoms with Gasteiger partial charge in [0.05, 0.1) is 12.1 Å². The van der Waals surface area contributed by atoms with Gasteiger partial charge in [-0.1, -0.05) is 0 Å². The fraction of sp³-hybridized carbons (Fsp3) is 0.714. The zero-order valence-corrected chi connectivity index (χ0v) is 12.5. The maximum atomic E-state index is 12.2. The zero-order valence-electron chi connectivity index (χ0n) is 11.7. The van der Waals surface area contributed by atoms with Crippen LogP contribution in [0, 0.1) is 11.8 Å². The molecule has 0 bridgehead atoms. The van der Waals surface area contributed by atoms with Crippen LogP contribution in [0.5, 0.6) is 0 Å². The molecule has 6 heteroatoms. The Morgan fingerprint density at radius 3 is 2.75 bits per heavy atom. The topological polar surface area (TPSA) is 65.5 Å². The van der Waals surface area contributed by atoms with Crippen molar-refractivity contribution in [3.8, 4) is 0 Å². The molecule has 3 rings (SSSR count). The number of urea groups is 1. The minimum absolute atomic E-state index is 0.0306. The molecule has 2 unspecified atom stereocenters. The molecule has 5 nitrogen and oxygen atoms in total. The van der Waals surface area contributed by atoms with Crippen molar-refractivity contribution in [3.63, 3.8) is 0 Å². The minimum atomic E-state index is -0.384. The summed E-state index contributed by atoms with van der Waals surface area (Å²) < 4.78 is 0. The van der Waals surface area contributed by atoms with Crippen LogP contribution in [-0.4, -0.2) is 40.7 Å². The van der Waals surface area contributed by atoms with Crippen LogP contribution in [0.15, 0.2) is 11.6 Å². The lowest BCUT2D eigenvalue weighted by atomic mass is 10.2. The van der Waals surface area contributed by atoms with Gasteiger partial charge < -0.3 is 15.3 Å². The Balaban J connectivity index is 1.55. The van der Waals surface area contributed by atoms with Crippen LogP contribution >= 0.6 is 11.3 Å². The van der Waals surface area contributed by atoms with Crippen LogP contribution in [-0.2, 0) is 0 Å². The fourth-order valence-electron chi connectivity index (χ4n) is 2.44. The van der Waals surface area contributed by atoms with Gasteiger partial charge in [0.2, 0.25) is 0 Å². The van der Waals surface area contributed by atoms with Crippen molar-refractivity contribution >= 4 is 17.4 Å². The number of hydrogen-bond acceptors (Lipinski definition) is 4. The highest BCUT2D eigenvalue weighted by Gasteiger charge is 2.36. The number of nitrogens with zero attached hydrogens (tertiary/aromatic N) is 2. The number of rotatable bonds is 6. The number of likely N-dealkylation sites (N-methyl/N-ethyl adjacent to an activating group) is 1. The predicted octanol–water partition coefficient (Wildman–Crippen LogP) is 2.01. The van der Waals surface area contributed by atoms with E-state index in [1.165, 1.54) is 0 Å². The van der Waals surface area contributed by atoms with E-state index in [9.17, 15) is 9.90 Å². The summed E-state index contributed by atoms with van der Waals surface area (Å²) in [6.45, 7) is 0.408. The summed E-state index contributed by atoms with van der Waals surface area (Å²) in [4.78, 5) is 18.2. The summed E-state index contributed by atoms with van der Waals surface area (Å²) in [6, 6.07) is -0.0835. The summed E-state index contributed by atoms with van der Waals surface area (Å²) in [5, 5.41) is 15.9. The van der Waals surface area contributed by atoms with Crippen LogP contribution < -0.4 is 5.32 Å². The quantitative estimate of drug-likeness (QED) is 0.843. The van der Waals surface area contributed by atoms with Gasteiger partial charge in [0.1, 0.15) is 5.01 Å². The average molecular weight is 295 g/mol. The van der Waals surface area contributed by atoms with Crippen LogP contribution in [0.25, 0.3) is 0 Å². The smallest absolute Gasteiger partial charge is 0.317 e. The van der Waals surface area contributed by atoms with Crippen molar-refractivity contribution in [2.45, 2.75) is 37.8 Å². The molecular weight excluding hydrogens is 274 g/mol. The standard InChI is InChI=1S/C14H21N3O2S/c1-17(8-11(18)9-2-3-9)14(19)16-12(10-4-5-10)13-15-6-7-20-13/h6-7,9-12,18H,2-5,8H2,1H3,(H,16,19). The fourth-order valence-corrected chi connectivity index (χ4v) is 3.22. The zero-order chi connectivity index (χ0) is 14.1. The van der Waals surface area contributed by atoms with Crippen molar-refractivity contribution < 1.29 is 9.90 Å². The first-order valence-corrected chi connectivity index (χ1v) is 8.12. The normalized spacial score (nSPS) is 21.3. The second kappa shape index (κ2) is 5.69. The molecule has 1 heterocycles. The van der Waals surface area contributed by atoms with Crippen molar-refractivity contribution in [1.82, 2.24) is 15.2 Å². The van der Waals surface area contributed by atoms with Crippen LogP contribution in [0.2, 0.25) is 0 Å².